The molecule has 2 atom stereocenters. The number of hydrazine groups is 1. The van der Waals surface area contributed by atoms with E-state index in [2.05, 4.69) is 41.1 Å². The first-order valence-electron chi connectivity index (χ1n) is 6.23. The first-order chi connectivity index (χ1) is 8.13. The Kier molecular flexibility index (Phi) is 3.47. The molecule has 0 spiro atoms. The SMILES string of the molecule is CCc1nc(NN)cc(N2CC(C)C(C)C2)n1. The van der Waals surface area contributed by atoms with Crippen molar-refractivity contribution in [3.8, 4) is 0 Å². The number of nitrogens with one attached hydrogen (secondary N) is 1. The van der Waals surface area contributed by atoms with E-state index in [9.17, 15) is 0 Å². The highest BCUT2D eigenvalue weighted by Gasteiger charge is 2.27. The maximum Gasteiger partial charge on any atom is 0.145 e. The minimum atomic E-state index is 0.694. The van der Waals surface area contributed by atoms with Gasteiger partial charge in [-0.1, -0.05) is 20.8 Å². The van der Waals surface area contributed by atoms with Gasteiger partial charge in [0.05, 0.1) is 0 Å². The molecule has 0 amide bonds. The van der Waals surface area contributed by atoms with Crippen molar-refractivity contribution >= 4 is 11.6 Å². The molecule has 1 saturated heterocycles. The number of nitrogens with two attached hydrogens (primary N) is 1. The maximum absolute atomic E-state index is 5.44. The third-order valence-corrected chi connectivity index (χ3v) is 3.54. The van der Waals surface area contributed by atoms with Gasteiger partial charge in [-0.2, -0.15) is 0 Å². The van der Waals surface area contributed by atoms with E-state index in [0.717, 1.165) is 31.2 Å². The third kappa shape index (κ3) is 2.49. The summed E-state index contributed by atoms with van der Waals surface area (Å²) in [5.74, 6) is 9.38. The van der Waals surface area contributed by atoms with E-state index in [1.54, 1.807) is 0 Å². The zero-order valence-corrected chi connectivity index (χ0v) is 10.8. The van der Waals surface area contributed by atoms with Crippen LogP contribution in [0, 0.1) is 11.8 Å². The summed E-state index contributed by atoms with van der Waals surface area (Å²) in [6.07, 6.45) is 0.821. The number of hydrogen-bond donors (Lipinski definition) is 2. The van der Waals surface area contributed by atoms with Gasteiger partial charge in [0.1, 0.15) is 17.5 Å². The molecular weight excluding hydrogens is 214 g/mol. The fourth-order valence-corrected chi connectivity index (χ4v) is 2.19. The molecule has 17 heavy (non-hydrogen) atoms. The summed E-state index contributed by atoms with van der Waals surface area (Å²) < 4.78 is 0. The number of anilines is 2. The molecule has 2 unspecified atom stereocenters. The van der Waals surface area contributed by atoms with Crippen molar-refractivity contribution in [2.45, 2.75) is 27.2 Å². The molecule has 0 radical (unpaired) electrons. The van der Waals surface area contributed by atoms with E-state index in [1.807, 2.05) is 6.07 Å². The van der Waals surface area contributed by atoms with Crippen LogP contribution in [0.25, 0.3) is 0 Å². The van der Waals surface area contributed by atoms with Crippen LogP contribution < -0.4 is 16.2 Å². The third-order valence-electron chi connectivity index (χ3n) is 3.54. The van der Waals surface area contributed by atoms with Crippen LogP contribution in [-0.2, 0) is 6.42 Å². The van der Waals surface area contributed by atoms with E-state index < -0.39 is 0 Å². The van der Waals surface area contributed by atoms with E-state index in [4.69, 9.17) is 5.84 Å². The predicted molar refractivity (Wildman–Crippen MR) is 69.8 cm³/mol. The van der Waals surface area contributed by atoms with Crippen molar-refractivity contribution in [2.75, 3.05) is 23.4 Å². The van der Waals surface area contributed by atoms with Gasteiger partial charge >= 0.3 is 0 Å². The average molecular weight is 235 g/mol. The van der Waals surface area contributed by atoms with Crippen molar-refractivity contribution in [3.63, 3.8) is 0 Å². The molecule has 1 fully saturated rings. The molecule has 1 aliphatic rings. The monoisotopic (exact) mass is 235 g/mol. The van der Waals surface area contributed by atoms with Crippen LogP contribution in [0.15, 0.2) is 6.07 Å². The Hall–Kier alpha value is -1.36. The van der Waals surface area contributed by atoms with Crippen molar-refractivity contribution < 1.29 is 0 Å². The van der Waals surface area contributed by atoms with Crippen LogP contribution in [0.1, 0.15) is 26.6 Å². The van der Waals surface area contributed by atoms with Crippen LogP contribution in [-0.4, -0.2) is 23.1 Å². The second-order valence-corrected chi connectivity index (χ2v) is 4.89. The van der Waals surface area contributed by atoms with Crippen molar-refractivity contribution in [1.29, 1.82) is 0 Å². The molecule has 1 aromatic heterocycles. The van der Waals surface area contributed by atoms with Crippen LogP contribution in [0.4, 0.5) is 11.6 Å². The summed E-state index contributed by atoms with van der Waals surface area (Å²) >= 11 is 0. The van der Waals surface area contributed by atoms with Crippen molar-refractivity contribution in [1.82, 2.24) is 9.97 Å². The standard InChI is InChI=1S/C12H21N5/c1-4-10-14-11(16-13)5-12(15-10)17-6-8(2)9(3)7-17/h5,8-9H,4,6-7,13H2,1-3H3,(H,14,15,16). The first kappa shape index (κ1) is 12.1. The predicted octanol–water partition coefficient (Wildman–Crippen LogP) is 1.42. The molecule has 1 aromatic rings. The Morgan fingerprint density at radius 2 is 2.00 bits per heavy atom. The molecule has 0 bridgehead atoms. The smallest absolute Gasteiger partial charge is 0.145 e. The van der Waals surface area contributed by atoms with Crippen LogP contribution in [0.5, 0.6) is 0 Å². The number of rotatable bonds is 3. The minimum absolute atomic E-state index is 0.694. The summed E-state index contributed by atoms with van der Waals surface area (Å²) in [5.41, 5.74) is 2.61. The normalized spacial score (nSPS) is 24.1. The average Bonchev–Trinajstić information content (AvgIpc) is 2.69. The molecule has 2 heterocycles. The van der Waals surface area contributed by atoms with Gasteiger partial charge in [0.25, 0.3) is 0 Å². The molecule has 94 valence electrons. The summed E-state index contributed by atoms with van der Waals surface area (Å²) in [7, 11) is 0. The molecule has 0 aromatic carbocycles. The molecular formula is C12H21N5. The highest BCUT2D eigenvalue weighted by molar-refractivity contribution is 5.49. The minimum Gasteiger partial charge on any atom is -0.356 e. The van der Waals surface area contributed by atoms with Crippen molar-refractivity contribution in [3.05, 3.63) is 11.9 Å². The Morgan fingerprint density at radius 1 is 1.35 bits per heavy atom. The number of nitrogen functional groups attached to an aromatic ring is 1. The fraction of sp³-hybridized carbons (Fsp3) is 0.667. The lowest BCUT2D eigenvalue weighted by Gasteiger charge is -2.18. The van der Waals surface area contributed by atoms with E-state index in [-0.39, 0.29) is 0 Å². The van der Waals surface area contributed by atoms with Crippen LogP contribution in [0.3, 0.4) is 0 Å². The molecule has 0 aliphatic carbocycles. The zero-order chi connectivity index (χ0) is 12.4. The number of aryl methyl sites for hydroxylation is 1. The van der Waals surface area contributed by atoms with Gasteiger partial charge in [-0.25, -0.2) is 15.8 Å². The highest BCUT2D eigenvalue weighted by Crippen LogP contribution is 2.27. The summed E-state index contributed by atoms with van der Waals surface area (Å²) in [6.45, 7) is 8.74. The molecule has 1 aliphatic heterocycles. The van der Waals surface area contributed by atoms with Gasteiger partial charge in [-0.15, -0.1) is 0 Å². The van der Waals surface area contributed by atoms with E-state index in [0.29, 0.717) is 17.7 Å². The van der Waals surface area contributed by atoms with E-state index >= 15 is 0 Å². The Bertz CT molecular complexity index is 360. The van der Waals surface area contributed by atoms with Gasteiger partial charge in [0.2, 0.25) is 0 Å². The topological polar surface area (TPSA) is 67.1 Å². The highest BCUT2D eigenvalue weighted by atomic mass is 15.3. The number of hydrogen-bond acceptors (Lipinski definition) is 5. The second-order valence-electron chi connectivity index (χ2n) is 4.89. The van der Waals surface area contributed by atoms with Gasteiger partial charge in [0, 0.05) is 25.6 Å². The molecule has 5 heteroatoms. The number of aromatic nitrogens is 2. The molecule has 3 N–H and O–H groups in total. The van der Waals surface area contributed by atoms with Crippen LogP contribution >= 0.6 is 0 Å². The lowest BCUT2D eigenvalue weighted by molar-refractivity contribution is 0.494. The molecule has 2 rings (SSSR count). The lowest BCUT2D eigenvalue weighted by atomic mass is 10.0. The van der Waals surface area contributed by atoms with Gasteiger partial charge in [0.15, 0.2) is 0 Å². The maximum atomic E-state index is 5.44. The first-order valence-corrected chi connectivity index (χ1v) is 6.23. The molecule has 0 saturated carbocycles. The summed E-state index contributed by atoms with van der Waals surface area (Å²) in [4.78, 5) is 11.2. The van der Waals surface area contributed by atoms with Crippen molar-refractivity contribution in [2.24, 2.45) is 17.7 Å². The zero-order valence-electron chi connectivity index (χ0n) is 10.8. The second kappa shape index (κ2) is 4.87. The fourth-order valence-electron chi connectivity index (χ4n) is 2.19. The largest absolute Gasteiger partial charge is 0.356 e. The van der Waals surface area contributed by atoms with Gasteiger partial charge in [-0.05, 0) is 11.8 Å². The summed E-state index contributed by atoms with van der Waals surface area (Å²) in [5, 5.41) is 0. The molecule has 5 nitrogen and oxygen atoms in total. The van der Waals surface area contributed by atoms with E-state index in [1.165, 1.54) is 0 Å². The Labute approximate surface area is 102 Å². The van der Waals surface area contributed by atoms with Crippen LogP contribution in [0.2, 0.25) is 0 Å². The Balaban J connectivity index is 2.26. The lowest BCUT2D eigenvalue weighted by Crippen LogP contribution is -2.22. The number of nitrogens with zero attached hydrogens (tertiary/aromatic N) is 3. The Morgan fingerprint density at radius 3 is 2.53 bits per heavy atom. The summed E-state index contributed by atoms with van der Waals surface area (Å²) in [6, 6.07) is 1.92. The quantitative estimate of drug-likeness (QED) is 0.612. The van der Waals surface area contributed by atoms with Gasteiger partial charge < -0.3 is 10.3 Å². The van der Waals surface area contributed by atoms with Gasteiger partial charge in [-0.3, -0.25) is 0 Å².